The number of methoxy groups -OCH3 is 1. The standard InChI is InChI=1S/C18H30N4O2/c1-4-19-18(20-7-8-22-9-11-24-12-10-22)21-14-16-6-5-15(2)13-17(16)23-3/h5-6,13H,4,7-12,14H2,1-3H3,(H2,19,20,21). The Morgan fingerprint density at radius 3 is 2.79 bits per heavy atom. The van der Waals surface area contributed by atoms with Gasteiger partial charge in [-0.3, -0.25) is 4.90 Å². The number of benzene rings is 1. The predicted molar refractivity (Wildman–Crippen MR) is 97.8 cm³/mol. The van der Waals surface area contributed by atoms with Crippen molar-refractivity contribution in [2.75, 3.05) is 53.0 Å². The molecule has 0 spiro atoms. The van der Waals surface area contributed by atoms with Crippen LogP contribution in [-0.2, 0) is 11.3 Å². The fourth-order valence-corrected chi connectivity index (χ4v) is 2.65. The number of hydrogen-bond acceptors (Lipinski definition) is 4. The van der Waals surface area contributed by atoms with Gasteiger partial charge >= 0.3 is 0 Å². The Labute approximate surface area is 145 Å². The summed E-state index contributed by atoms with van der Waals surface area (Å²) in [5, 5.41) is 6.70. The first-order chi connectivity index (χ1) is 11.7. The highest BCUT2D eigenvalue weighted by Gasteiger charge is 2.09. The molecule has 0 radical (unpaired) electrons. The van der Waals surface area contributed by atoms with E-state index in [1.807, 2.05) is 6.07 Å². The van der Waals surface area contributed by atoms with Crippen LogP contribution in [0.25, 0.3) is 0 Å². The number of aryl methyl sites for hydroxylation is 1. The van der Waals surface area contributed by atoms with Gasteiger partial charge in [0.15, 0.2) is 5.96 Å². The molecule has 1 aliphatic heterocycles. The lowest BCUT2D eigenvalue weighted by Gasteiger charge is -2.26. The number of hydrogen-bond donors (Lipinski definition) is 2. The molecule has 0 saturated carbocycles. The smallest absolute Gasteiger partial charge is 0.191 e. The number of nitrogens with one attached hydrogen (secondary N) is 2. The van der Waals surface area contributed by atoms with Crippen molar-refractivity contribution in [2.45, 2.75) is 20.4 Å². The number of nitrogens with zero attached hydrogens (tertiary/aromatic N) is 2. The minimum atomic E-state index is 0.594. The number of ether oxygens (including phenoxy) is 2. The molecule has 0 amide bonds. The zero-order valence-corrected chi connectivity index (χ0v) is 15.1. The van der Waals surface area contributed by atoms with Gasteiger partial charge < -0.3 is 20.1 Å². The van der Waals surface area contributed by atoms with Crippen molar-refractivity contribution in [3.05, 3.63) is 29.3 Å². The van der Waals surface area contributed by atoms with Crippen LogP contribution in [-0.4, -0.2) is 63.9 Å². The largest absolute Gasteiger partial charge is 0.496 e. The average Bonchev–Trinajstić information content (AvgIpc) is 2.61. The summed E-state index contributed by atoms with van der Waals surface area (Å²) in [5.74, 6) is 1.73. The van der Waals surface area contributed by atoms with E-state index < -0.39 is 0 Å². The Hall–Kier alpha value is -1.79. The van der Waals surface area contributed by atoms with E-state index in [2.05, 4.69) is 46.5 Å². The molecule has 2 rings (SSSR count). The summed E-state index contributed by atoms with van der Waals surface area (Å²) in [6.45, 7) is 11.1. The third-order valence-electron chi connectivity index (χ3n) is 4.02. The van der Waals surface area contributed by atoms with E-state index in [9.17, 15) is 0 Å². The van der Waals surface area contributed by atoms with Crippen LogP contribution in [0.2, 0.25) is 0 Å². The first-order valence-electron chi connectivity index (χ1n) is 8.68. The summed E-state index contributed by atoms with van der Waals surface area (Å²) in [5.41, 5.74) is 2.28. The summed E-state index contributed by atoms with van der Waals surface area (Å²) in [6.07, 6.45) is 0. The molecule has 1 aliphatic rings. The molecule has 1 heterocycles. The highest BCUT2D eigenvalue weighted by molar-refractivity contribution is 5.79. The molecular weight excluding hydrogens is 304 g/mol. The minimum absolute atomic E-state index is 0.594. The molecule has 24 heavy (non-hydrogen) atoms. The van der Waals surface area contributed by atoms with Gasteiger partial charge in [-0.1, -0.05) is 12.1 Å². The average molecular weight is 334 g/mol. The molecule has 1 fully saturated rings. The number of aliphatic imine (C=N–C) groups is 1. The van der Waals surface area contributed by atoms with Crippen LogP contribution in [0.1, 0.15) is 18.1 Å². The van der Waals surface area contributed by atoms with Crippen molar-refractivity contribution in [3.8, 4) is 5.75 Å². The molecule has 0 atom stereocenters. The van der Waals surface area contributed by atoms with Crippen molar-refractivity contribution in [1.82, 2.24) is 15.5 Å². The van der Waals surface area contributed by atoms with Gasteiger partial charge in [0.25, 0.3) is 0 Å². The Kier molecular flexibility index (Phi) is 7.85. The fourth-order valence-electron chi connectivity index (χ4n) is 2.65. The second-order valence-corrected chi connectivity index (χ2v) is 5.89. The molecule has 6 nitrogen and oxygen atoms in total. The van der Waals surface area contributed by atoms with Crippen molar-refractivity contribution in [3.63, 3.8) is 0 Å². The van der Waals surface area contributed by atoms with Gasteiger partial charge in [0.1, 0.15) is 5.75 Å². The van der Waals surface area contributed by atoms with E-state index in [4.69, 9.17) is 9.47 Å². The van der Waals surface area contributed by atoms with Gasteiger partial charge in [-0.05, 0) is 25.5 Å². The highest BCUT2D eigenvalue weighted by atomic mass is 16.5. The normalized spacial score (nSPS) is 16.0. The van der Waals surface area contributed by atoms with Gasteiger partial charge in [0.2, 0.25) is 0 Å². The van der Waals surface area contributed by atoms with Crippen molar-refractivity contribution < 1.29 is 9.47 Å². The SMILES string of the molecule is CCNC(=NCc1ccc(C)cc1OC)NCCN1CCOCC1. The highest BCUT2D eigenvalue weighted by Crippen LogP contribution is 2.20. The van der Waals surface area contributed by atoms with Crippen LogP contribution in [0.4, 0.5) is 0 Å². The lowest BCUT2D eigenvalue weighted by Crippen LogP contribution is -2.44. The van der Waals surface area contributed by atoms with Crippen LogP contribution in [0.15, 0.2) is 23.2 Å². The third kappa shape index (κ3) is 6.02. The number of guanidine groups is 1. The molecule has 0 unspecified atom stereocenters. The second-order valence-electron chi connectivity index (χ2n) is 5.89. The maximum Gasteiger partial charge on any atom is 0.191 e. The summed E-state index contributed by atoms with van der Waals surface area (Å²) in [6, 6.07) is 6.21. The van der Waals surface area contributed by atoms with Crippen molar-refractivity contribution in [2.24, 2.45) is 4.99 Å². The van der Waals surface area contributed by atoms with Crippen molar-refractivity contribution in [1.29, 1.82) is 0 Å². The zero-order chi connectivity index (χ0) is 17.2. The Morgan fingerprint density at radius 2 is 2.08 bits per heavy atom. The molecule has 6 heteroatoms. The topological polar surface area (TPSA) is 58.1 Å². The summed E-state index contributed by atoms with van der Waals surface area (Å²) in [7, 11) is 1.70. The molecule has 2 N–H and O–H groups in total. The monoisotopic (exact) mass is 334 g/mol. The third-order valence-corrected chi connectivity index (χ3v) is 4.02. The van der Waals surface area contributed by atoms with E-state index in [1.54, 1.807) is 7.11 Å². The summed E-state index contributed by atoms with van der Waals surface area (Å²) in [4.78, 5) is 7.08. The Bertz CT molecular complexity index is 528. The van der Waals surface area contributed by atoms with Gasteiger partial charge in [0, 0.05) is 38.3 Å². The molecule has 0 aromatic heterocycles. The van der Waals surface area contributed by atoms with Gasteiger partial charge in [-0.2, -0.15) is 0 Å². The van der Waals surface area contributed by atoms with Gasteiger partial charge in [0.05, 0.1) is 26.9 Å². The summed E-state index contributed by atoms with van der Waals surface area (Å²) >= 11 is 0. The van der Waals surface area contributed by atoms with Crippen LogP contribution in [0.5, 0.6) is 5.75 Å². The van der Waals surface area contributed by atoms with Crippen LogP contribution < -0.4 is 15.4 Å². The number of rotatable bonds is 7. The number of morpholine rings is 1. The quantitative estimate of drug-likeness (QED) is 0.583. The van der Waals surface area contributed by atoms with E-state index >= 15 is 0 Å². The second kappa shape index (κ2) is 10.2. The summed E-state index contributed by atoms with van der Waals surface area (Å²) < 4.78 is 10.8. The van der Waals surface area contributed by atoms with E-state index in [-0.39, 0.29) is 0 Å². The molecular formula is C18H30N4O2. The zero-order valence-electron chi connectivity index (χ0n) is 15.1. The van der Waals surface area contributed by atoms with Gasteiger partial charge in [-0.15, -0.1) is 0 Å². The Morgan fingerprint density at radius 1 is 1.29 bits per heavy atom. The first-order valence-corrected chi connectivity index (χ1v) is 8.68. The van der Waals surface area contributed by atoms with Crippen LogP contribution in [0, 0.1) is 6.92 Å². The lowest BCUT2D eigenvalue weighted by molar-refractivity contribution is 0.0389. The maximum absolute atomic E-state index is 5.45. The molecule has 0 bridgehead atoms. The van der Waals surface area contributed by atoms with Crippen LogP contribution in [0.3, 0.4) is 0 Å². The lowest BCUT2D eigenvalue weighted by atomic mass is 10.1. The predicted octanol–water partition coefficient (Wildman–Crippen LogP) is 1.39. The minimum Gasteiger partial charge on any atom is -0.496 e. The molecule has 1 aromatic rings. The first kappa shape index (κ1) is 18.5. The van der Waals surface area contributed by atoms with Crippen LogP contribution >= 0.6 is 0 Å². The molecule has 1 saturated heterocycles. The maximum atomic E-state index is 5.45. The molecule has 1 aromatic carbocycles. The molecule has 0 aliphatic carbocycles. The Balaban J connectivity index is 1.87. The van der Waals surface area contributed by atoms with E-state index in [0.717, 1.165) is 63.2 Å². The van der Waals surface area contributed by atoms with Gasteiger partial charge in [-0.25, -0.2) is 4.99 Å². The fraction of sp³-hybridized carbons (Fsp3) is 0.611. The van der Waals surface area contributed by atoms with Crippen molar-refractivity contribution >= 4 is 5.96 Å². The molecule has 134 valence electrons. The van der Waals surface area contributed by atoms with E-state index in [0.29, 0.717) is 6.54 Å². The van der Waals surface area contributed by atoms with E-state index in [1.165, 1.54) is 5.56 Å².